The Morgan fingerprint density at radius 3 is 1.81 bits per heavy atom. The van der Waals surface area contributed by atoms with Gasteiger partial charge in [-0.1, -0.05) is 77.3 Å². The molecular formula is C18H32Br2Si. The summed E-state index contributed by atoms with van der Waals surface area (Å²) in [6, 6.07) is 1.54. The third-order valence-corrected chi connectivity index (χ3v) is 9.61. The molecule has 0 aliphatic heterocycles. The Hall–Kier alpha value is 1.18. The van der Waals surface area contributed by atoms with Crippen molar-refractivity contribution in [3.05, 3.63) is 0 Å². The zero-order valence-electron chi connectivity index (χ0n) is 14.3. The minimum atomic E-state index is -1.01. The van der Waals surface area contributed by atoms with Gasteiger partial charge in [0.2, 0.25) is 0 Å². The van der Waals surface area contributed by atoms with Crippen molar-refractivity contribution in [3.8, 4) is 0 Å². The summed E-state index contributed by atoms with van der Waals surface area (Å²) >= 11 is 8.50. The lowest BCUT2D eigenvalue weighted by Crippen LogP contribution is -2.63. The first-order valence-electron chi connectivity index (χ1n) is 8.89. The van der Waals surface area contributed by atoms with Gasteiger partial charge in [-0.05, 0) is 55.8 Å². The van der Waals surface area contributed by atoms with E-state index in [1.807, 2.05) is 0 Å². The second kappa shape index (κ2) is 5.08. The van der Waals surface area contributed by atoms with Crippen LogP contribution < -0.4 is 0 Å². The molecule has 4 bridgehead atoms. The fourth-order valence-corrected chi connectivity index (χ4v) is 13.4. The van der Waals surface area contributed by atoms with E-state index in [-0.39, 0.29) is 0 Å². The van der Waals surface area contributed by atoms with Gasteiger partial charge < -0.3 is 0 Å². The van der Waals surface area contributed by atoms with Crippen LogP contribution in [0.5, 0.6) is 0 Å². The first kappa shape index (κ1) is 17.0. The number of halogens is 2. The maximum Gasteiger partial charge on any atom is 0.0448 e. The van der Waals surface area contributed by atoms with E-state index in [0.29, 0.717) is 19.5 Å². The van der Waals surface area contributed by atoms with Crippen LogP contribution in [0.2, 0.25) is 25.7 Å². The molecule has 0 aromatic heterocycles. The molecule has 0 aromatic rings. The second-order valence-electron chi connectivity index (χ2n) is 10.2. The van der Waals surface area contributed by atoms with Gasteiger partial charge in [0.15, 0.2) is 0 Å². The molecule has 0 nitrogen and oxygen atoms in total. The zero-order chi connectivity index (χ0) is 15.6. The molecule has 4 atom stereocenters. The monoisotopic (exact) mass is 434 g/mol. The van der Waals surface area contributed by atoms with Gasteiger partial charge in [-0.25, -0.2) is 0 Å². The molecule has 4 fully saturated rings. The van der Waals surface area contributed by atoms with Gasteiger partial charge in [0, 0.05) is 16.7 Å². The molecular weight excluding hydrogens is 404 g/mol. The van der Waals surface area contributed by atoms with Gasteiger partial charge in [-0.3, -0.25) is 0 Å². The molecule has 0 heterocycles. The average molecular weight is 436 g/mol. The van der Waals surface area contributed by atoms with Crippen molar-refractivity contribution in [2.75, 3.05) is 0 Å². The van der Waals surface area contributed by atoms with Crippen molar-refractivity contribution in [1.82, 2.24) is 0 Å². The number of alkyl halides is 2. The van der Waals surface area contributed by atoms with Gasteiger partial charge in [0.25, 0.3) is 0 Å². The molecule has 4 aliphatic rings. The molecule has 21 heavy (non-hydrogen) atoms. The van der Waals surface area contributed by atoms with Crippen LogP contribution >= 0.6 is 31.9 Å². The lowest BCUT2D eigenvalue weighted by atomic mass is 9.43. The standard InChI is InChI=1S/C18H32Br2Si/c1-5-6-7-15-8-16(14-21(2,3)4)11-17(19,9-15)13-18(20,10-15)12-16/h5-14H2,1-4H3/t15?,16?,17-,18+. The molecule has 0 aromatic carbocycles. The summed E-state index contributed by atoms with van der Waals surface area (Å²) in [5.41, 5.74) is 1.28. The van der Waals surface area contributed by atoms with Gasteiger partial charge in [-0.15, -0.1) is 0 Å². The van der Waals surface area contributed by atoms with Crippen molar-refractivity contribution < 1.29 is 0 Å². The largest absolute Gasteiger partial charge is 0.0852 e. The molecule has 2 unspecified atom stereocenters. The highest BCUT2D eigenvalue weighted by atomic mass is 79.9. The van der Waals surface area contributed by atoms with E-state index in [1.54, 1.807) is 0 Å². The Bertz CT molecular complexity index is 402. The highest BCUT2D eigenvalue weighted by Gasteiger charge is 2.66. The van der Waals surface area contributed by atoms with Crippen LogP contribution in [0.3, 0.4) is 0 Å². The molecule has 4 aliphatic carbocycles. The minimum absolute atomic E-state index is 0.443. The fourth-order valence-electron chi connectivity index (χ4n) is 6.93. The average Bonchev–Trinajstić information content (AvgIpc) is 2.17. The van der Waals surface area contributed by atoms with Crippen LogP contribution in [-0.2, 0) is 0 Å². The molecule has 0 spiro atoms. The summed E-state index contributed by atoms with van der Waals surface area (Å²) in [6.07, 6.45) is 12.9. The Kier molecular flexibility index (Phi) is 4.12. The van der Waals surface area contributed by atoms with Crippen LogP contribution in [-0.4, -0.2) is 16.7 Å². The topological polar surface area (TPSA) is 0 Å². The summed E-state index contributed by atoms with van der Waals surface area (Å²) in [5.74, 6) is 0. The second-order valence-corrected chi connectivity index (χ2v) is 19.0. The predicted octanol–water partition coefficient (Wildman–Crippen LogP) is 7.14. The van der Waals surface area contributed by atoms with E-state index in [1.165, 1.54) is 63.8 Å². The van der Waals surface area contributed by atoms with Crippen molar-refractivity contribution >= 4 is 39.9 Å². The van der Waals surface area contributed by atoms with Crippen molar-refractivity contribution in [3.63, 3.8) is 0 Å². The maximum absolute atomic E-state index is 4.25. The number of unbranched alkanes of at least 4 members (excludes halogenated alkanes) is 1. The fraction of sp³-hybridized carbons (Fsp3) is 1.00. The quantitative estimate of drug-likeness (QED) is 0.318. The Balaban J connectivity index is 1.94. The number of hydrogen-bond donors (Lipinski definition) is 0. The summed E-state index contributed by atoms with van der Waals surface area (Å²) in [7, 11) is -1.01. The maximum atomic E-state index is 4.25. The van der Waals surface area contributed by atoms with Gasteiger partial charge >= 0.3 is 0 Å². The number of rotatable bonds is 5. The van der Waals surface area contributed by atoms with E-state index in [9.17, 15) is 0 Å². The van der Waals surface area contributed by atoms with Crippen LogP contribution in [0.15, 0.2) is 0 Å². The van der Waals surface area contributed by atoms with Gasteiger partial charge in [-0.2, -0.15) is 0 Å². The SMILES string of the molecule is CCCCC12CC3(C[Si](C)(C)C)C[C@](Br)(C1)C[C@](Br)(C2)C3. The van der Waals surface area contributed by atoms with E-state index in [4.69, 9.17) is 0 Å². The van der Waals surface area contributed by atoms with Gasteiger partial charge in [0.1, 0.15) is 0 Å². The van der Waals surface area contributed by atoms with E-state index in [0.717, 1.165) is 0 Å². The van der Waals surface area contributed by atoms with E-state index < -0.39 is 8.07 Å². The summed E-state index contributed by atoms with van der Waals surface area (Å²) in [5, 5.41) is 0. The molecule has 4 rings (SSSR count). The van der Waals surface area contributed by atoms with Crippen molar-refractivity contribution in [2.45, 2.75) is 99.0 Å². The number of hydrogen-bond acceptors (Lipinski definition) is 0. The third-order valence-electron chi connectivity index (χ3n) is 6.12. The summed E-state index contributed by atoms with van der Waals surface area (Å²) in [6.45, 7) is 10.1. The van der Waals surface area contributed by atoms with Crippen LogP contribution in [0.4, 0.5) is 0 Å². The Labute approximate surface area is 149 Å². The third kappa shape index (κ3) is 3.36. The Morgan fingerprint density at radius 1 is 0.810 bits per heavy atom. The van der Waals surface area contributed by atoms with Crippen LogP contribution in [0.25, 0.3) is 0 Å². The molecule has 4 saturated carbocycles. The highest BCUT2D eigenvalue weighted by molar-refractivity contribution is 9.10. The van der Waals surface area contributed by atoms with E-state index in [2.05, 4.69) is 58.4 Å². The molecule has 0 radical (unpaired) electrons. The predicted molar refractivity (Wildman–Crippen MR) is 104 cm³/mol. The van der Waals surface area contributed by atoms with Crippen molar-refractivity contribution in [2.24, 2.45) is 10.8 Å². The minimum Gasteiger partial charge on any atom is -0.0852 e. The molecule has 3 heteroatoms. The molecule has 0 amide bonds. The lowest BCUT2D eigenvalue weighted by Gasteiger charge is -2.69. The van der Waals surface area contributed by atoms with Crippen LogP contribution in [0.1, 0.15) is 64.7 Å². The smallest absolute Gasteiger partial charge is 0.0448 e. The Morgan fingerprint density at radius 2 is 1.33 bits per heavy atom. The first-order chi connectivity index (χ1) is 9.51. The zero-order valence-corrected chi connectivity index (χ0v) is 18.5. The van der Waals surface area contributed by atoms with Crippen LogP contribution in [0, 0.1) is 10.8 Å². The summed E-state index contributed by atoms with van der Waals surface area (Å²) in [4.78, 5) is 0. The van der Waals surface area contributed by atoms with Gasteiger partial charge in [0.05, 0.1) is 0 Å². The highest BCUT2D eigenvalue weighted by Crippen LogP contribution is 2.74. The summed E-state index contributed by atoms with van der Waals surface area (Å²) < 4.78 is 0.886. The molecule has 122 valence electrons. The normalized spacial score (nSPS) is 48.9. The lowest BCUT2D eigenvalue weighted by molar-refractivity contribution is -0.0745. The van der Waals surface area contributed by atoms with Crippen molar-refractivity contribution in [1.29, 1.82) is 0 Å². The first-order valence-corrected chi connectivity index (χ1v) is 14.2. The van der Waals surface area contributed by atoms with E-state index >= 15 is 0 Å². The molecule has 0 N–H and O–H groups in total. The molecule has 0 saturated heterocycles.